The molecule has 0 saturated heterocycles. The number of carbonyl (C=O) groups is 2. The molecule has 172 valence electrons. The van der Waals surface area contributed by atoms with Gasteiger partial charge in [-0.15, -0.1) is 23.1 Å². The van der Waals surface area contributed by atoms with Crippen molar-refractivity contribution in [1.82, 2.24) is 10.6 Å². The first-order valence-electron chi connectivity index (χ1n) is 9.95. The first kappa shape index (κ1) is 24.7. The van der Waals surface area contributed by atoms with Gasteiger partial charge in [-0.3, -0.25) is 9.59 Å². The summed E-state index contributed by atoms with van der Waals surface area (Å²) in [4.78, 5) is 27.6. The fourth-order valence-corrected chi connectivity index (χ4v) is 4.36. The predicted octanol–water partition coefficient (Wildman–Crippen LogP) is 5.10. The molecule has 0 atom stereocenters. The molecule has 0 bridgehead atoms. The van der Waals surface area contributed by atoms with Gasteiger partial charge in [-0.05, 0) is 60.0 Å². The van der Waals surface area contributed by atoms with Gasteiger partial charge < -0.3 is 20.1 Å². The first-order valence-corrected chi connectivity index (χ1v) is 12.2. The number of carbonyl (C=O) groups excluding carboxylic acids is 2. The van der Waals surface area contributed by atoms with E-state index in [1.54, 1.807) is 36.0 Å². The molecule has 2 N–H and O–H groups in total. The average molecular weight is 503 g/mol. The zero-order chi connectivity index (χ0) is 23.6. The molecule has 3 rings (SSSR count). The number of benzene rings is 2. The second-order valence-corrected chi connectivity index (χ2v) is 9.24. The summed E-state index contributed by atoms with van der Waals surface area (Å²) < 4.78 is 10.5. The minimum atomic E-state index is -0.426. The molecule has 1 aromatic heterocycles. The van der Waals surface area contributed by atoms with E-state index in [0.717, 1.165) is 9.77 Å². The molecule has 0 aliphatic rings. The summed E-state index contributed by atoms with van der Waals surface area (Å²) >= 11 is 8.98. The number of halogens is 1. The summed E-state index contributed by atoms with van der Waals surface area (Å²) in [6, 6.07) is 16.1. The Labute approximate surface area is 205 Å². The van der Waals surface area contributed by atoms with Crippen LogP contribution < -0.4 is 20.1 Å². The van der Waals surface area contributed by atoms with Crippen molar-refractivity contribution in [3.8, 4) is 11.5 Å². The Morgan fingerprint density at radius 2 is 1.82 bits per heavy atom. The van der Waals surface area contributed by atoms with Crippen molar-refractivity contribution in [2.45, 2.75) is 4.90 Å². The van der Waals surface area contributed by atoms with E-state index in [9.17, 15) is 9.59 Å². The highest BCUT2D eigenvalue weighted by molar-refractivity contribution is 7.99. The number of hydrogen-bond donors (Lipinski definition) is 2. The molecule has 2 aromatic carbocycles. The second-order valence-electron chi connectivity index (χ2n) is 6.66. The van der Waals surface area contributed by atoms with E-state index in [0.29, 0.717) is 34.4 Å². The minimum Gasteiger partial charge on any atom is -0.493 e. The number of nitrogens with one attached hydrogen (secondary N) is 2. The zero-order valence-corrected chi connectivity index (χ0v) is 20.5. The van der Waals surface area contributed by atoms with Crippen LogP contribution in [0.4, 0.5) is 0 Å². The molecule has 0 fully saturated rings. The smallest absolute Gasteiger partial charge is 0.267 e. The van der Waals surface area contributed by atoms with Crippen LogP contribution in [0.15, 0.2) is 70.6 Å². The van der Waals surface area contributed by atoms with Gasteiger partial charge in [0.2, 0.25) is 0 Å². The van der Waals surface area contributed by atoms with E-state index in [4.69, 9.17) is 21.1 Å². The van der Waals surface area contributed by atoms with Crippen molar-refractivity contribution in [3.05, 3.63) is 81.1 Å². The molecule has 6 nitrogen and oxygen atoms in total. The molecule has 3 aromatic rings. The second kappa shape index (κ2) is 12.3. The van der Waals surface area contributed by atoms with Crippen LogP contribution >= 0.6 is 34.7 Å². The van der Waals surface area contributed by atoms with Gasteiger partial charge in [-0.25, -0.2) is 0 Å². The molecular weight excluding hydrogens is 480 g/mol. The Morgan fingerprint density at radius 1 is 1.06 bits per heavy atom. The van der Waals surface area contributed by atoms with Gasteiger partial charge in [0, 0.05) is 32.7 Å². The van der Waals surface area contributed by atoms with Gasteiger partial charge in [-0.1, -0.05) is 17.7 Å². The zero-order valence-electron chi connectivity index (χ0n) is 18.1. The SMILES string of the molecule is COc1ccc(C(=O)N/C(=C\c2cccs2)C(=O)NCCSc2ccc(Cl)cc2)cc1OC. The predicted molar refractivity (Wildman–Crippen MR) is 134 cm³/mol. The van der Waals surface area contributed by atoms with Crippen LogP contribution in [0.2, 0.25) is 5.02 Å². The molecule has 0 aliphatic heterocycles. The number of amides is 2. The van der Waals surface area contributed by atoms with Crippen LogP contribution in [0, 0.1) is 0 Å². The van der Waals surface area contributed by atoms with Crippen LogP contribution in [0.5, 0.6) is 11.5 Å². The third-order valence-corrected chi connectivity index (χ3v) is 6.52. The van der Waals surface area contributed by atoms with Gasteiger partial charge in [0.15, 0.2) is 11.5 Å². The molecule has 0 aliphatic carbocycles. The van der Waals surface area contributed by atoms with Crippen LogP contribution in [0.1, 0.15) is 15.2 Å². The van der Waals surface area contributed by atoms with Crippen LogP contribution in [-0.4, -0.2) is 38.3 Å². The lowest BCUT2D eigenvalue weighted by atomic mass is 10.1. The van der Waals surface area contributed by atoms with E-state index >= 15 is 0 Å². The molecule has 2 amide bonds. The molecule has 33 heavy (non-hydrogen) atoms. The first-order chi connectivity index (χ1) is 16.0. The van der Waals surface area contributed by atoms with Crippen LogP contribution in [0.3, 0.4) is 0 Å². The van der Waals surface area contributed by atoms with Crippen LogP contribution in [0.25, 0.3) is 6.08 Å². The normalized spacial score (nSPS) is 11.1. The Morgan fingerprint density at radius 3 is 2.48 bits per heavy atom. The number of thiophene rings is 1. The largest absolute Gasteiger partial charge is 0.493 e. The molecule has 0 unspecified atom stereocenters. The lowest BCUT2D eigenvalue weighted by Gasteiger charge is -2.12. The molecule has 0 spiro atoms. The number of ether oxygens (including phenoxy) is 2. The van der Waals surface area contributed by atoms with Gasteiger partial charge >= 0.3 is 0 Å². The van der Waals surface area contributed by atoms with Crippen molar-refractivity contribution in [2.75, 3.05) is 26.5 Å². The van der Waals surface area contributed by atoms with Crippen molar-refractivity contribution in [3.63, 3.8) is 0 Å². The topological polar surface area (TPSA) is 76.7 Å². The van der Waals surface area contributed by atoms with E-state index < -0.39 is 5.91 Å². The summed E-state index contributed by atoms with van der Waals surface area (Å²) in [7, 11) is 3.02. The lowest BCUT2D eigenvalue weighted by Crippen LogP contribution is -2.35. The van der Waals surface area contributed by atoms with E-state index in [1.807, 2.05) is 41.8 Å². The molecular formula is C24H23ClN2O4S2. The minimum absolute atomic E-state index is 0.161. The highest BCUT2D eigenvalue weighted by Gasteiger charge is 2.16. The monoisotopic (exact) mass is 502 g/mol. The number of hydrogen-bond acceptors (Lipinski definition) is 6. The van der Waals surface area contributed by atoms with Crippen molar-refractivity contribution in [1.29, 1.82) is 0 Å². The molecule has 9 heteroatoms. The fraction of sp³-hybridized carbons (Fsp3) is 0.167. The highest BCUT2D eigenvalue weighted by atomic mass is 35.5. The summed E-state index contributed by atoms with van der Waals surface area (Å²) in [5.41, 5.74) is 0.504. The maximum absolute atomic E-state index is 12.9. The number of methoxy groups -OCH3 is 2. The lowest BCUT2D eigenvalue weighted by molar-refractivity contribution is -0.117. The van der Waals surface area contributed by atoms with Gasteiger partial charge in [0.25, 0.3) is 11.8 Å². The fourth-order valence-electron chi connectivity index (χ4n) is 2.81. The quantitative estimate of drug-likeness (QED) is 0.229. The van der Waals surface area contributed by atoms with E-state index in [1.165, 1.54) is 25.6 Å². The Kier molecular flexibility index (Phi) is 9.24. The third kappa shape index (κ3) is 7.28. The summed E-state index contributed by atoms with van der Waals surface area (Å²) in [5, 5.41) is 8.17. The standard InChI is InChI=1S/C24H23ClN2O4S2/c1-30-21-10-5-16(14-22(21)31-2)23(28)27-20(15-19-4-3-12-32-19)24(29)26-11-13-33-18-8-6-17(25)7-9-18/h3-10,12,14-15H,11,13H2,1-2H3,(H,26,29)(H,27,28)/b20-15-. The average Bonchev–Trinajstić information content (AvgIpc) is 3.35. The molecule has 0 saturated carbocycles. The summed E-state index contributed by atoms with van der Waals surface area (Å²) in [6.45, 7) is 0.431. The summed E-state index contributed by atoms with van der Waals surface area (Å²) in [5.74, 6) is 0.818. The number of thioether (sulfide) groups is 1. The van der Waals surface area contributed by atoms with Crippen molar-refractivity contribution in [2.24, 2.45) is 0 Å². The highest BCUT2D eigenvalue weighted by Crippen LogP contribution is 2.27. The summed E-state index contributed by atoms with van der Waals surface area (Å²) in [6.07, 6.45) is 1.66. The van der Waals surface area contributed by atoms with Crippen LogP contribution in [-0.2, 0) is 4.79 Å². The van der Waals surface area contributed by atoms with E-state index in [-0.39, 0.29) is 11.6 Å². The Hall–Kier alpha value is -2.94. The maximum atomic E-state index is 12.9. The molecule has 0 radical (unpaired) electrons. The Balaban J connectivity index is 1.66. The van der Waals surface area contributed by atoms with Gasteiger partial charge in [0.1, 0.15) is 5.70 Å². The van der Waals surface area contributed by atoms with Gasteiger partial charge in [0.05, 0.1) is 14.2 Å². The Bertz CT molecular complexity index is 1120. The third-order valence-electron chi connectivity index (χ3n) is 4.44. The number of rotatable bonds is 10. The van der Waals surface area contributed by atoms with Crippen molar-refractivity contribution < 1.29 is 19.1 Å². The maximum Gasteiger partial charge on any atom is 0.267 e. The van der Waals surface area contributed by atoms with Crippen molar-refractivity contribution >= 4 is 52.6 Å². The molecule has 1 heterocycles. The van der Waals surface area contributed by atoms with Gasteiger partial charge in [-0.2, -0.15) is 0 Å². The van der Waals surface area contributed by atoms with E-state index in [2.05, 4.69) is 10.6 Å².